The van der Waals surface area contributed by atoms with Gasteiger partial charge in [0.15, 0.2) is 0 Å². The van der Waals surface area contributed by atoms with Gasteiger partial charge in [-0.1, -0.05) is 19.8 Å². The van der Waals surface area contributed by atoms with Gasteiger partial charge in [-0.2, -0.15) is 13.2 Å². The fourth-order valence-electron chi connectivity index (χ4n) is 2.07. The molecular formula is C9H16F3N. The van der Waals surface area contributed by atoms with Crippen molar-refractivity contribution in [1.29, 1.82) is 0 Å². The van der Waals surface area contributed by atoms with Crippen LogP contribution in [0.25, 0.3) is 0 Å². The summed E-state index contributed by atoms with van der Waals surface area (Å²) in [5, 5.41) is 0. The van der Waals surface area contributed by atoms with Crippen LogP contribution in [0.1, 0.15) is 32.6 Å². The number of alkyl halides is 3. The maximum absolute atomic E-state index is 12.2. The molecule has 0 amide bonds. The summed E-state index contributed by atoms with van der Waals surface area (Å²) in [7, 11) is 0. The molecule has 78 valence electrons. The SMILES string of the molecule is CC1CCCC(C(N)C(F)(F)F)C1. The van der Waals surface area contributed by atoms with Crippen LogP contribution in [0.3, 0.4) is 0 Å². The average Bonchev–Trinajstić information content (AvgIpc) is 2.01. The van der Waals surface area contributed by atoms with E-state index >= 15 is 0 Å². The third kappa shape index (κ3) is 2.86. The van der Waals surface area contributed by atoms with Crippen molar-refractivity contribution < 1.29 is 13.2 Å². The molecule has 0 heterocycles. The molecule has 0 aromatic heterocycles. The van der Waals surface area contributed by atoms with Gasteiger partial charge in [0.25, 0.3) is 0 Å². The van der Waals surface area contributed by atoms with Gasteiger partial charge in [0.2, 0.25) is 0 Å². The maximum Gasteiger partial charge on any atom is 0.403 e. The van der Waals surface area contributed by atoms with Crippen LogP contribution >= 0.6 is 0 Å². The molecule has 0 bridgehead atoms. The Bertz CT molecular complexity index is 167. The van der Waals surface area contributed by atoms with E-state index in [0.29, 0.717) is 18.8 Å². The van der Waals surface area contributed by atoms with Crippen LogP contribution in [-0.4, -0.2) is 12.2 Å². The molecule has 0 radical (unpaired) electrons. The van der Waals surface area contributed by atoms with Gasteiger partial charge >= 0.3 is 6.18 Å². The van der Waals surface area contributed by atoms with Gasteiger partial charge in [0.05, 0.1) is 0 Å². The molecule has 1 aliphatic rings. The zero-order chi connectivity index (χ0) is 10.1. The van der Waals surface area contributed by atoms with Gasteiger partial charge in [-0.3, -0.25) is 0 Å². The first-order chi connectivity index (χ1) is 5.91. The molecule has 0 aromatic carbocycles. The maximum atomic E-state index is 12.2. The van der Waals surface area contributed by atoms with E-state index in [9.17, 15) is 13.2 Å². The van der Waals surface area contributed by atoms with Crippen LogP contribution in [0.2, 0.25) is 0 Å². The molecule has 13 heavy (non-hydrogen) atoms. The first kappa shape index (κ1) is 10.8. The summed E-state index contributed by atoms with van der Waals surface area (Å²) in [5.74, 6) is 0.0379. The second-order valence-electron chi connectivity index (χ2n) is 4.10. The highest BCUT2D eigenvalue weighted by atomic mass is 19.4. The second-order valence-corrected chi connectivity index (χ2v) is 4.10. The highest BCUT2D eigenvalue weighted by Gasteiger charge is 2.42. The van der Waals surface area contributed by atoms with E-state index in [1.807, 2.05) is 6.92 Å². The molecule has 0 aliphatic heterocycles. The molecule has 0 spiro atoms. The first-order valence-electron chi connectivity index (χ1n) is 4.73. The van der Waals surface area contributed by atoms with Crippen LogP contribution in [0.15, 0.2) is 0 Å². The predicted molar refractivity (Wildman–Crippen MR) is 45.2 cm³/mol. The molecular weight excluding hydrogens is 179 g/mol. The van der Waals surface area contributed by atoms with E-state index in [-0.39, 0.29) is 5.92 Å². The van der Waals surface area contributed by atoms with Gasteiger partial charge in [0.1, 0.15) is 6.04 Å². The Hall–Kier alpha value is -0.250. The summed E-state index contributed by atoms with van der Waals surface area (Å²) in [6, 6.07) is -1.62. The zero-order valence-electron chi connectivity index (χ0n) is 7.77. The lowest BCUT2D eigenvalue weighted by molar-refractivity contribution is -0.162. The van der Waals surface area contributed by atoms with Gasteiger partial charge in [-0.05, 0) is 24.7 Å². The summed E-state index contributed by atoms with van der Waals surface area (Å²) in [6.45, 7) is 2.00. The van der Waals surface area contributed by atoms with Crippen molar-refractivity contribution in [2.24, 2.45) is 17.6 Å². The standard InChI is InChI=1S/C9H16F3N/c1-6-3-2-4-7(5-6)8(13)9(10,11)12/h6-8H,2-5,13H2,1H3. The van der Waals surface area contributed by atoms with Crippen LogP contribution in [0.5, 0.6) is 0 Å². The molecule has 3 atom stereocenters. The topological polar surface area (TPSA) is 26.0 Å². The van der Waals surface area contributed by atoms with Gasteiger partial charge in [0, 0.05) is 0 Å². The highest BCUT2D eigenvalue weighted by Crippen LogP contribution is 2.35. The molecule has 2 N–H and O–H groups in total. The average molecular weight is 195 g/mol. The first-order valence-corrected chi connectivity index (χ1v) is 4.73. The molecule has 1 aliphatic carbocycles. The molecule has 1 rings (SSSR count). The van der Waals surface area contributed by atoms with Crippen LogP contribution in [0, 0.1) is 11.8 Å². The number of hydrogen-bond donors (Lipinski definition) is 1. The summed E-state index contributed by atoms with van der Waals surface area (Å²) in [6.07, 6.45) is -1.04. The van der Waals surface area contributed by atoms with E-state index in [1.54, 1.807) is 0 Å². The van der Waals surface area contributed by atoms with Gasteiger partial charge < -0.3 is 5.73 Å². The van der Waals surface area contributed by atoms with Crippen LogP contribution < -0.4 is 5.73 Å². The Morgan fingerprint density at radius 3 is 2.38 bits per heavy atom. The monoisotopic (exact) mass is 195 g/mol. The van der Waals surface area contributed by atoms with E-state index < -0.39 is 12.2 Å². The minimum absolute atomic E-state index is 0.358. The summed E-state index contributed by atoms with van der Waals surface area (Å²) in [5.41, 5.74) is 5.16. The molecule has 3 unspecified atom stereocenters. The fourth-order valence-corrected chi connectivity index (χ4v) is 2.07. The Morgan fingerprint density at radius 2 is 1.92 bits per heavy atom. The number of rotatable bonds is 1. The largest absolute Gasteiger partial charge is 0.403 e. The van der Waals surface area contributed by atoms with Crippen LogP contribution in [0.4, 0.5) is 13.2 Å². The summed E-state index contributed by atoms with van der Waals surface area (Å²) < 4.78 is 36.7. The van der Waals surface area contributed by atoms with Gasteiger partial charge in [-0.15, -0.1) is 0 Å². The number of halogens is 3. The quantitative estimate of drug-likeness (QED) is 0.684. The van der Waals surface area contributed by atoms with Crippen molar-refractivity contribution in [3.8, 4) is 0 Å². The lowest BCUT2D eigenvalue weighted by Crippen LogP contribution is -2.45. The van der Waals surface area contributed by atoms with Crippen molar-refractivity contribution in [1.82, 2.24) is 0 Å². The zero-order valence-corrected chi connectivity index (χ0v) is 7.77. The number of hydrogen-bond acceptors (Lipinski definition) is 1. The second kappa shape index (κ2) is 3.86. The number of nitrogens with two attached hydrogens (primary N) is 1. The Labute approximate surface area is 76.5 Å². The van der Waals surface area contributed by atoms with E-state index in [4.69, 9.17) is 5.73 Å². The van der Waals surface area contributed by atoms with Crippen molar-refractivity contribution in [3.05, 3.63) is 0 Å². The lowest BCUT2D eigenvalue weighted by Gasteiger charge is -2.32. The third-order valence-electron chi connectivity index (χ3n) is 2.86. The predicted octanol–water partition coefficient (Wildman–Crippen LogP) is 2.70. The molecule has 1 fully saturated rings. The highest BCUT2D eigenvalue weighted by molar-refractivity contribution is 4.83. The van der Waals surface area contributed by atoms with E-state index in [0.717, 1.165) is 12.8 Å². The van der Waals surface area contributed by atoms with Crippen molar-refractivity contribution in [2.45, 2.75) is 44.8 Å². The van der Waals surface area contributed by atoms with Crippen molar-refractivity contribution >= 4 is 0 Å². The van der Waals surface area contributed by atoms with E-state index in [2.05, 4.69) is 0 Å². The molecule has 0 saturated heterocycles. The Balaban J connectivity index is 2.51. The fraction of sp³-hybridized carbons (Fsp3) is 1.00. The van der Waals surface area contributed by atoms with E-state index in [1.165, 1.54) is 0 Å². The minimum Gasteiger partial charge on any atom is -0.320 e. The smallest absolute Gasteiger partial charge is 0.320 e. The Kier molecular flexibility index (Phi) is 3.22. The normalized spacial score (nSPS) is 33.0. The van der Waals surface area contributed by atoms with Crippen LogP contribution in [-0.2, 0) is 0 Å². The molecule has 1 nitrogen and oxygen atoms in total. The van der Waals surface area contributed by atoms with Gasteiger partial charge in [-0.25, -0.2) is 0 Å². The third-order valence-corrected chi connectivity index (χ3v) is 2.86. The molecule has 4 heteroatoms. The lowest BCUT2D eigenvalue weighted by atomic mass is 9.78. The minimum atomic E-state index is -4.22. The summed E-state index contributed by atoms with van der Waals surface area (Å²) >= 11 is 0. The summed E-state index contributed by atoms with van der Waals surface area (Å²) in [4.78, 5) is 0. The van der Waals surface area contributed by atoms with Crippen molar-refractivity contribution in [3.63, 3.8) is 0 Å². The molecule has 1 saturated carbocycles. The van der Waals surface area contributed by atoms with Crippen molar-refractivity contribution in [2.75, 3.05) is 0 Å². The molecule has 0 aromatic rings. The Morgan fingerprint density at radius 1 is 1.31 bits per heavy atom.